The molecule has 2 rings (SSSR count). The summed E-state index contributed by atoms with van der Waals surface area (Å²) in [6, 6.07) is 13.3. The zero-order chi connectivity index (χ0) is 16.1. The topological polar surface area (TPSA) is 52.6 Å². The van der Waals surface area contributed by atoms with Crippen LogP contribution < -0.4 is 10.2 Å². The number of aliphatic hydroxyl groups excluding tert-OH is 1. The first-order valence-electron chi connectivity index (χ1n) is 7.32. The second-order valence-electron chi connectivity index (χ2n) is 5.45. The van der Waals surface area contributed by atoms with Gasteiger partial charge in [-0.05, 0) is 61.4 Å². The number of hydrogen-bond acceptors (Lipinski definition) is 3. The second kappa shape index (κ2) is 7.09. The van der Waals surface area contributed by atoms with Crippen LogP contribution in [-0.2, 0) is 0 Å². The monoisotopic (exact) mass is 298 g/mol. The van der Waals surface area contributed by atoms with E-state index in [-0.39, 0.29) is 12.5 Å². The number of anilines is 2. The zero-order valence-electron chi connectivity index (χ0n) is 13.3. The summed E-state index contributed by atoms with van der Waals surface area (Å²) >= 11 is 0. The molecule has 0 fully saturated rings. The summed E-state index contributed by atoms with van der Waals surface area (Å²) in [6.45, 7) is 4.71. The van der Waals surface area contributed by atoms with Crippen molar-refractivity contribution in [2.24, 2.45) is 0 Å². The van der Waals surface area contributed by atoms with Crippen molar-refractivity contribution >= 4 is 17.3 Å². The fourth-order valence-electron chi connectivity index (χ4n) is 2.16. The van der Waals surface area contributed by atoms with Gasteiger partial charge in [0.25, 0.3) is 5.91 Å². The molecule has 0 aromatic heterocycles. The van der Waals surface area contributed by atoms with Crippen molar-refractivity contribution in [2.45, 2.75) is 13.8 Å². The number of rotatable bonds is 5. The molecule has 0 aliphatic carbocycles. The Kier molecular flexibility index (Phi) is 5.17. The summed E-state index contributed by atoms with van der Waals surface area (Å²) in [7, 11) is 1.92. The molecule has 4 heteroatoms. The van der Waals surface area contributed by atoms with Crippen molar-refractivity contribution < 1.29 is 9.90 Å². The third-order valence-corrected chi connectivity index (χ3v) is 3.77. The molecule has 0 radical (unpaired) electrons. The van der Waals surface area contributed by atoms with Crippen LogP contribution in [0, 0.1) is 13.8 Å². The Bertz CT molecular complexity index is 651. The Balaban J connectivity index is 2.06. The van der Waals surface area contributed by atoms with Crippen LogP contribution >= 0.6 is 0 Å². The molecular weight excluding hydrogens is 276 g/mol. The van der Waals surface area contributed by atoms with Crippen molar-refractivity contribution in [1.29, 1.82) is 0 Å². The molecule has 0 saturated heterocycles. The Labute approximate surface area is 131 Å². The van der Waals surface area contributed by atoms with Gasteiger partial charge >= 0.3 is 0 Å². The molecule has 22 heavy (non-hydrogen) atoms. The van der Waals surface area contributed by atoms with Crippen LogP contribution in [0.4, 0.5) is 11.4 Å². The van der Waals surface area contributed by atoms with E-state index in [1.807, 2.05) is 68.3 Å². The van der Waals surface area contributed by atoms with Crippen molar-refractivity contribution in [3.8, 4) is 0 Å². The summed E-state index contributed by atoms with van der Waals surface area (Å²) in [4.78, 5) is 14.2. The van der Waals surface area contributed by atoms with Gasteiger partial charge in [-0.1, -0.05) is 6.07 Å². The predicted molar refractivity (Wildman–Crippen MR) is 90.7 cm³/mol. The van der Waals surface area contributed by atoms with E-state index >= 15 is 0 Å². The number of nitrogens with zero attached hydrogens (tertiary/aromatic N) is 1. The molecule has 0 spiro atoms. The van der Waals surface area contributed by atoms with E-state index in [9.17, 15) is 4.79 Å². The van der Waals surface area contributed by atoms with Crippen molar-refractivity contribution in [3.63, 3.8) is 0 Å². The third-order valence-electron chi connectivity index (χ3n) is 3.77. The van der Waals surface area contributed by atoms with E-state index in [1.54, 1.807) is 0 Å². The van der Waals surface area contributed by atoms with Gasteiger partial charge in [0.05, 0.1) is 6.61 Å². The van der Waals surface area contributed by atoms with Gasteiger partial charge in [-0.2, -0.15) is 0 Å². The fraction of sp³-hybridized carbons (Fsp3) is 0.278. The molecule has 0 atom stereocenters. The zero-order valence-corrected chi connectivity index (χ0v) is 13.3. The maximum absolute atomic E-state index is 12.2. The lowest BCUT2D eigenvalue weighted by atomic mass is 10.1. The molecule has 0 bridgehead atoms. The highest BCUT2D eigenvalue weighted by Gasteiger charge is 2.07. The van der Waals surface area contributed by atoms with E-state index < -0.39 is 0 Å². The smallest absolute Gasteiger partial charge is 0.255 e. The average Bonchev–Trinajstić information content (AvgIpc) is 2.51. The van der Waals surface area contributed by atoms with E-state index in [2.05, 4.69) is 5.32 Å². The number of carbonyl (C=O) groups is 1. The van der Waals surface area contributed by atoms with E-state index in [0.717, 1.165) is 16.9 Å². The molecule has 0 aliphatic heterocycles. The molecule has 0 heterocycles. The van der Waals surface area contributed by atoms with Gasteiger partial charge in [0.1, 0.15) is 0 Å². The summed E-state index contributed by atoms with van der Waals surface area (Å²) in [5.41, 5.74) is 4.69. The maximum atomic E-state index is 12.2. The van der Waals surface area contributed by atoms with Crippen LogP contribution in [0.25, 0.3) is 0 Å². The molecule has 116 valence electrons. The maximum Gasteiger partial charge on any atom is 0.255 e. The van der Waals surface area contributed by atoms with Crippen LogP contribution in [0.3, 0.4) is 0 Å². The number of aliphatic hydroxyl groups is 1. The minimum atomic E-state index is -0.112. The number of amides is 1. The normalized spacial score (nSPS) is 10.4. The van der Waals surface area contributed by atoms with Gasteiger partial charge in [0, 0.05) is 30.5 Å². The Morgan fingerprint density at radius 1 is 1.09 bits per heavy atom. The molecule has 2 aromatic carbocycles. The Hall–Kier alpha value is -2.33. The predicted octanol–water partition coefficient (Wildman–Crippen LogP) is 2.98. The quantitative estimate of drug-likeness (QED) is 0.892. The summed E-state index contributed by atoms with van der Waals surface area (Å²) < 4.78 is 0. The number of nitrogens with one attached hydrogen (secondary N) is 1. The first kappa shape index (κ1) is 16.0. The number of likely N-dealkylation sites (N-methyl/N-ethyl adjacent to an activating group) is 1. The van der Waals surface area contributed by atoms with Crippen LogP contribution in [0.2, 0.25) is 0 Å². The molecular formula is C18H22N2O2. The largest absolute Gasteiger partial charge is 0.395 e. The number of carbonyl (C=O) groups excluding carboxylic acids is 1. The van der Waals surface area contributed by atoms with Gasteiger partial charge in [0.15, 0.2) is 0 Å². The standard InChI is InChI=1S/C18H22N2O2/c1-13-4-5-15(12-14(13)2)18(22)19-16-6-8-17(9-7-16)20(3)10-11-21/h4-9,12,21H,10-11H2,1-3H3,(H,19,22). The number of hydrogen-bond donors (Lipinski definition) is 2. The lowest BCUT2D eigenvalue weighted by Gasteiger charge is -2.18. The molecule has 0 saturated carbocycles. The van der Waals surface area contributed by atoms with Crippen LogP contribution in [0.1, 0.15) is 21.5 Å². The number of benzene rings is 2. The fourth-order valence-corrected chi connectivity index (χ4v) is 2.16. The second-order valence-corrected chi connectivity index (χ2v) is 5.45. The van der Waals surface area contributed by atoms with Gasteiger partial charge < -0.3 is 15.3 Å². The molecule has 2 N–H and O–H groups in total. The van der Waals surface area contributed by atoms with Crippen LogP contribution in [0.5, 0.6) is 0 Å². The van der Waals surface area contributed by atoms with Gasteiger partial charge in [-0.3, -0.25) is 4.79 Å². The molecule has 4 nitrogen and oxygen atoms in total. The van der Waals surface area contributed by atoms with E-state index in [4.69, 9.17) is 5.11 Å². The lowest BCUT2D eigenvalue weighted by molar-refractivity contribution is 0.102. The first-order valence-corrected chi connectivity index (χ1v) is 7.32. The summed E-state index contributed by atoms with van der Waals surface area (Å²) in [6.07, 6.45) is 0. The van der Waals surface area contributed by atoms with E-state index in [1.165, 1.54) is 5.56 Å². The number of aryl methyl sites for hydroxylation is 2. The van der Waals surface area contributed by atoms with Crippen LogP contribution in [0.15, 0.2) is 42.5 Å². The lowest BCUT2D eigenvalue weighted by Crippen LogP contribution is -2.21. The third kappa shape index (κ3) is 3.86. The van der Waals surface area contributed by atoms with Crippen molar-refractivity contribution in [3.05, 3.63) is 59.2 Å². The molecule has 0 unspecified atom stereocenters. The molecule has 0 aliphatic rings. The van der Waals surface area contributed by atoms with Crippen molar-refractivity contribution in [2.75, 3.05) is 30.4 Å². The Morgan fingerprint density at radius 3 is 2.36 bits per heavy atom. The highest BCUT2D eigenvalue weighted by molar-refractivity contribution is 6.04. The first-order chi connectivity index (χ1) is 10.5. The van der Waals surface area contributed by atoms with Crippen LogP contribution in [-0.4, -0.2) is 31.2 Å². The average molecular weight is 298 g/mol. The minimum absolute atomic E-state index is 0.112. The van der Waals surface area contributed by atoms with Crippen molar-refractivity contribution in [1.82, 2.24) is 0 Å². The summed E-state index contributed by atoms with van der Waals surface area (Å²) in [5.74, 6) is -0.112. The Morgan fingerprint density at radius 2 is 1.77 bits per heavy atom. The van der Waals surface area contributed by atoms with Gasteiger partial charge in [0.2, 0.25) is 0 Å². The minimum Gasteiger partial charge on any atom is -0.395 e. The summed E-state index contributed by atoms with van der Waals surface area (Å²) in [5, 5.41) is 11.8. The highest BCUT2D eigenvalue weighted by atomic mass is 16.3. The SMILES string of the molecule is Cc1ccc(C(=O)Nc2ccc(N(C)CCO)cc2)cc1C. The van der Waals surface area contributed by atoms with E-state index in [0.29, 0.717) is 12.1 Å². The molecule has 1 amide bonds. The van der Waals surface area contributed by atoms with Gasteiger partial charge in [-0.25, -0.2) is 0 Å². The van der Waals surface area contributed by atoms with Gasteiger partial charge in [-0.15, -0.1) is 0 Å². The molecule has 2 aromatic rings. The highest BCUT2D eigenvalue weighted by Crippen LogP contribution is 2.18.